The lowest BCUT2D eigenvalue weighted by atomic mass is 10.1. The van der Waals surface area contributed by atoms with Crippen molar-refractivity contribution in [1.82, 2.24) is 0 Å². The molecule has 0 saturated carbocycles. The topological polar surface area (TPSA) is 71.4 Å². The van der Waals surface area contributed by atoms with Crippen molar-refractivity contribution in [1.29, 1.82) is 0 Å². The molecule has 0 aromatic carbocycles. The number of hydrogen-bond donors (Lipinski definition) is 1. The monoisotopic (exact) mass is 212 g/mol. The zero-order chi connectivity index (χ0) is 10.6. The number of halogens is 1. The first kappa shape index (κ1) is 12.3. The molecule has 1 unspecified atom stereocenters. The van der Waals surface area contributed by atoms with Crippen LogP contribution in [0.25, 0.3) is 0 Å². The summed E-state index contributed by atoms with van der Waals surface area (Å²) in [6.45, 7) is 1.92. The van der Waals surface area contributed by atoms with Gasteiger partial charge < -0.3 is 5.11 Å². The molecule has 1 N–H and O–H groups in total. The Kier molecular flexibility index (Phi) is 4.32. The molecule has 0 aromatic heterocycles. The van der Waals surface area contributed by atoms with Gasteiger partial charge in [-0.2, -0.15) is 0 Å². The van der Waals surface area contributed by atoms with E-state index in [9.17, 15) is 17.6 Å². The van der Waals surface area contributed by atoms with E-state index in [4.69, 9.17) is 5.11 Å². The fraction of sp³-hybridized carbons (Fsp3) is 0.857. The lowest BCUT2D eigenvalue weighted by Gasteiger charge is -2.15. The Hall–Kier alpha value is -0.650. The molecule has 0 bridgehead atoms. The highest BCUT2D eigenvalue weighted by Gasteiger charge is 2.34. The van der Waals surface area contributed by atoms with Crippen molar-refractivity contribution in [2.45, 2.75) is 19.1 Å². The van der Waals surface area contributed by atoms with Crippen molar-refractivity contribution in [2.75, 3.05) is 12.4 Å². The standard InChI is InChI=1S/C7H13FO4S/c1-5(2)6(7(9)10)13(11,12)4-3-8/h5-6H,3-4H2,1-2H3,(H,9,10). The average Bonchev–Trinajstić information content (AvgIpc) is 1.82. The van der Waals surface area contributed by atoms with Crippen LogP contribution in [0.15, 0.2) is 0 Å². The van der Waals surface area contributed by atoms with Gasteiger partial charge >= 0.3 is 5.97 Å². The summed E-state index contributed by atoms with van der Waals surface area (Å²) in [5, 5.41) is 7.11. The third-order valence-electron chi connectivity index (χ3n) is 1.60. The maximum absolute atomic E-state index is 11.8. The smallest absolute Gasteiger partial charge is 0.322 e. The molecule has 0 heterocycles. The summed E-state index contributed by atoms with van der Waals surface area (Å²) >= 11 is 0. The second-order valence-electron chi connectivity index (χ2n) is 3.06. The van der Waals surface area contributed by atoms with Crippen molar-refractivity contribution >= 4 is 15.8 Å². The second-order valence-corrected chi connectivity index (χ2v) is 5.30. The summed E-state index contributed by atoms with van der Waals surface area (Å²) in [5.74, 6) is -2.68. The quantitative estimate of drug-likeness (QED) is 0.719. The van der Waals surface area contributed by atoms with Gasteiger partial charge in [0.2, 0.25) is 0 Å². The molecule has 0 saturated heterocycles. The van der Waals surface area contributed by atoms with E-state index < -0.39 is 39.4 Å². The van der Waals surface area contributed by atoms with Gasteiger partial charge in [0.1, 0.15) is 6.67 Å². The summed E-state index contributed by atoms with van der Waals surface area (Å²) in [6, 6.07) is 0. The summed E-state index contributed by atoms with van der Waals surface area (Å²) in [5.41, 5.74) is 0. The van der Waals surface area contributed by atoms with Crippen LogP contribution in [0.3, 0.4) is 0 Å². The van der Waals surface area contributed by atoms with Gasteiger partial charge in [-0.15, -0.1) is 0 Å². The molecule has 0 aliphatic rings. The van der Waals surface area contributed by atoms with Crippen LogP contribution in [0.5, 0.6) is 0 Å². The van der Waals surface area contributed by atoms with E-state index in [0.717, 1.165) is 0 Å². The lowest BCUT2D eigenvalue weighted by molar-refractivity contribution is -0.137. The van der Waals surface area contributed by atoms with Gasteiger partial charge in [0.05, 0.1) is 5.75 Å². The predicted octanol–water partition coefficient (Wildman–Crippen LogP) is 0.480. The number of hydrogen-bond acceptors (Lipinski definition) is 3. The van der Waals surface area contributed by atoms with Gasteiger partial charge in [0.15, 0.2) is 15.1 Å². The van der Waals surface area contributed by atoms with Gasteiger partial charge in [-0.05, 0) is 5.92 Å². The Bertz CT molecular complexity index is 270. The maximum Gasteiger partial charge on any atom is 0.322 e. The Morgan fingerprint density at radius 1 is 1.46 bits per heavy atom. The Balaban J connectivity index is 4.85. The minimum atomic E-state index is -3.85. The van der Waals surface area contributed by atoms with Crippen molar-refractivity contribution in [2.24, 2.45) is 5.92 Å². The van der Waals surface area contributed by atoms with Crippen LogP contribution in [-0.4, -0.2) is 37.2 Å². The maximum atomic E-state index is 11.8. The molecule has 1 atom stereocenters. The number of alkyl halides is 1. The minimum absolute atomic E-state index is 0.547. The Morgan fingerprint density at radius 2 is 1.92 bits per heavy atom. The van der Waals surface area contributed by atoms with E-state index in [1.165, 1.54) is 13.8 Å². The number of carboxylic acids is 1. The molecule has 0 amide bonds. The van der Waals surface area contributed by atoms with Gasteiger partial charge in [0.25, 0.3) is 0 Å². The van der Waals surface area contributed by atoms with Crippen LogP contribution in [0.1, 0.15) is 13.8 Å². The summed E-state index contributed by atoms with van der Waals surface area (Å²) in [6.07, 6.45) is 0. The molecular formula is C7H13FO4S. The van der Waals surface area contributed by atoms with Gasteiger partial charge in [-0.25, -0.2) is 12.8 Å². The van der Waals surface area contributed by atoms with Gasteiger partial charge in [-0.1, -0.05) is 13.8 Å². The average molecular weight is 212 g/mol. The van der Waals surface area contributed by atoms with Crippen molar-refractivity contribution in [3.05, 3.63) is 0 Å². The largest absolute Gasteiger partial charge is 0.480 e. The fourth-order valence-corrected chi connectivity index (χ4v) is 2.69. The SMILES string of the molecule is CC(C)C(C(=O)O)S(=O)(=O)CCF. The summed E-state index contributed by atoms with van der Waals surface area (Å²) in [4.78, 5) is 10.6. The molecule has 4 nitrogen and oxygen atoms in total. The van der Waals surface area contributed by atoms with Crippen LogP contribution >= 0.6 is 0 Å². The normalized spacial score (nSPS) is 14.5. The zero-order valence-electron chi connectivity index (χ0n) is 7.53. The molecular weight excluding hydrogens is 199 g/mol. The second kappa shape index (κ2) is 4.55. The number of sulfone groups is 1. The number of carboxylic acid groups (broad SMARTS) is 1. The summed E-state index contributed by atoms with van der Waals surface area (Å²) < 4.78 is 34.2. The van der Waals surface area contributed by atoms with Crippen molar-refractivity contribution in [3.8, 4) is 0 Å². The highest BCUT2D eigenvalue weighted by Crippen LogP contribution is 2.13. The number of carbonyl (C=O) groups is 1. The first-order valence-electron chi connectivity index (χ1n) is 3.83. The zero-order valence-corrected chi connectivity index (χ0v) is 8.34. The minimum Gasteiger partial charge on any atom is -0.480 e. The van der Waals surface area contributed by atoms with Gasteiger partial charge in [-0.3, -0.25) is 4.79 Å². The van der Waals surface area contributed by atoms with Crippen LogP contribution in [0.2, 0.25) is 0 Å². The predicted molar refractivity (Wildman–Crippen MR) is 46.0 cm³/mol. The highest BCUT2D eigenvalue weighted by atomic mass is 32.2. The summed E-state index contributed by atoms with van der Waals surface area (Å²) in [7, 11) is -3.85. The molecule has 78 valence electrons. The molecule has 0 aliphatic heterocycles. The Labute approximate surface area is 76.7 Å². The van der Waals surface area contributed by atoms with E-state index in [1.54, 1.807) is 0 Å². The van der Waals surface area contributed by atoms with Crippen LogP contribution in [0.4, 0.5) is 4.39 Å². The van der Waals surface area contributed by atoms with E-state index >= 15 is 0 Å². The van der Waals surface area contributed by atoms with Crippen molar-refractivity contribution in [3.63, 3.8) is 0 Å². The molecule has 13 heavy (non-hydrogen) atoms. The van der Waals surface area contributed by atoms with E-state index in [-0.39, 0.29) is 0 Å². The molecule has 6 heteroatoms. The first-order chi connectivity index (χ1) is 5.83. The molecule has 0 rings (SSSR count). The fourth-order valence-electron chi connectivity index (χ4n) is 1.09. The molecule has 0 aliphatic carbocycles. The molecule has 0 aromatic rings. The first-order valence-corrected chi connectivity index (χ1v) is 5.54. The van der Waals surface area contributed by atoms with Crippen LogP contribution in [0, 0.1) is 5.92 Å². The van der Waals surface area contributed by atoms with Crippen LogP contribution < -0.4 is 0 Å². The lowest BCUT2D eigenvalue weighted by Crippen LogP contribution is -2.36. The highest BCUT2D eigenvalue weighted by molar-refractivity contribution is 7.92. The third-order valence-corrected chi connectivity index (χ3v) is 3.84. The van der Waals surface area contributed by atoms with E-state index in [0.29, 0.717) is 0 Å². The molecule has 0 radical (unpaired) electrons. The van der Waals surface area contributed by atoms with E-state index in [2.05, 4.69) is 0 Å². The molecule has 0 spiro atoms. The molecule has 0 fully saturated rings. The van der Waals surface area contributed by atoms with Crippen molar-refractivity contribution < 1.29 is 22.7 Å². The van der Waals surface area contributed by atoms with Gasteiger partial charge in [0, 0.05) is 0 Å². The Morgan fingerprint density at radius 3 is 2.15 bits per heavy atom. The van der Waals surface area contributed by atoms with Crippen LogP contribution in [-0.2, 0) is 14.6 Å². The van der Waals surface area contributed by atoms with E-state index in [1.807, 2.05) is 0 Å². The number of aliphatic carboxylic acids is 1. The number of rotatable bonds is 5. The third kappa shape index (κ3) is 3.30.